The quantitative estimate of drug-likeness (QED) is 0.793. The summed E-state index contributed by atoms with van der Waals surface area (Å²) in [6.07, 6.45) is -0.563. The standard InChI is InChI=1S/C16H18ClNO2/c1-11-2-4-12(5-3-11)16(20)10-18-9-13-8-14(19)6-7-15(13)17/h2-8,16,18-20H,9-10H2,1H3. The summed E-state index contributed by atoms with van der Waals surface area (Å²) in [6, 6.07) is 12.6. The van der Waals surface area contributed by atoms with Crippen molar-refractivity contribution in [3.8, 4) is 5.75 Å². The summed E-state index contributed by atoms with van der Waals surface area (Å²) in [5.74, 6) is 0.185. The van der Waals surface area contributed by atoms with Gasteiger partial charge in [-0.15, -0.1) is 0 Å². The molecule has 0 heterocycles. The smallest absolute Gasteiger partial charge is 0.116 e. The second-order valence-corrected chi connectivity index (χ2v) is 5.24. The van der Waals surface area contributed by atoms with Gasteiger partial charge in [-0.1, -0.05) is 41.4 Å². The van der Waals surface area contributed by atoms with Crippen molar-refractivity contribution in [2.24, 2.45) is 0 Å². The summed E-state index contributed by atoms with van der Waals surface area (Å²) in [5.41, 5.74) is 2.85. The lowest BCUT2D eigenvalue weighted by molar-refractivity contribution is 0.174. The highest BCUT2D eigenvalue weighted by Crippen LogP contribution is 2.21. The van der Waals surface area contributed by atoms with E-state index < -0.39 is 6.10 Å². The largest absolute Gasteiger partial charge is 0.508 e. The molecule has 0 radical (unpaired) electrons. The lowest BCUT2D eigenvalue weighted by Crippen LogP contribution is -2.21. The lowest BCUT2D eigenvalue weighted by Gasteiger charge is -2.13. The van der Waals surface area contributed by atoms with Gasteiger partial charge in [0.1, 0.15) is 5.75 Å². The molecule has 0 amide bonds. The molecule has 0 saturated heterocycles. The van der Waals surface area contributed by atoms with Crippen LogP contribution in [0, 0.1) is 6.92 Å². The Labute approximate surface area is 123 Å². The maximum Gasteiger partial charge on any atom is 0.116 e. The summed E-state index contributed by atoms with van der Waals surface area (Å²) in [5, 5.41) is 23.2. The number of phenolic OH excluding ortho intramolecular Hbond substituents is 1. The Morgan fingerprint density at radius 2 is 1.85 bits per heavy atom. The molecular weight excluding hydrogens is 274 g/mol. The summed E-state index contributed by atoms with van der Waals surface area (Å²) in [4.78, 5) is 0. The van der Waals surface area contributed by atoms with Crippen LogP contribution >= 0.6 is 11.6 Å². The van der Waals surface area contributed by atoms with Crippen LogP contribution in [0.5, 0.6) is 5.75 Å². The summed E-state index contributed by atoms with van der Waals surface area (Å²) < 4.78 is 0. The van der Waals surface area contributed by atoms with Crippen LogP contribution in [0.2, 0.25) is 5.02 Å². The number of halogens is 1. The maximum absolute atomic E-state index is 10.1. The Morgan fingerprint density at radius 3 is 2.55 bits per heavy atom. The highest BCUT2D eigenvalue weighted by Gasteiger charge is 2.07. The van der Waals surface area contributed by atoms with Gasteiger partial charge >= 0.3 is 0 Å². The second kappa shape index (κ2) is 6.75. The molecule has 1 atom stereocenters. The van der Waals surface area contributed by atoms with E-state index in [-0.39, 0.29) is 5.75 Å². The molecule has 4 heteroatoms. The number of nitrogens with one attached hydrogen (secondary N) is 1. The van der Waals surface area contributed by atoms with Gasteiger partial charge in [-0.05, 0) is 36.2 Å². The average Bonchev–Trinajstić information content (AvgIpc) is 2.43. The van der Waals surface area contributed by atoms with Crippen LogP contribution in [0.15, 0.2) is 42.5 Å². The van der Waals surface area contributed by atoms with Gasteiger partial charge in [0.25, 0.3) is 0 Å². The molecule has 0 aliphatic heterocycles. The third kappa shape index (κ3) is 3.97. The van der Waals surface area contributed by atoms with Crippen LogP contribution in [-0.2, 0) is 6.54 Å². The first-order chi connectivity index (χ1) is 9.56. The minimum atomic E-state index is -0.563. The van der Waals surface area contributed by atoms with Crippen LogP contribution in [0.25, 0.3) is 0 Å². The van der Waals surface area contributed by atoms with E-state index in [4.69, 9.17) is 11.6 Å². The predicted molar refractivity (Wildman–Crippen MR) is 81.0 cm³/mol. The molecule has 1 unspecified atom stereocenters. The first-order valence-electron chi connectivity index (χ1n) is 6.49. The number of hydrogen-bond acceptors (Lipinski definition) is 3. The van der Waals surface area contributed by atoms with Gasteiger partial charge in [0, 0.05) is 18.1 Å². The fraction of sp³-hybridized carbons (Fsp3) is 0.250. The molecule has 3 nitrogen and oxygen atoms in total. The molecule has 20 heavy (non-hydrogen) atoms. The monoisotopic (exact) mass is 291 g/mol. The number of aliphatic hydroxyl groups is 1. The van der Waals surface area contributed by atoms with Crippen LogP contribution in [0.1, 0.15) is 22.8 Å². The van der Waals surface area contributed by atoms with E-state index in [9.17, 15) is 10.2 Å². The SMILES string of the molecule is Cc1ccc(C(O)CNCc2cc(O)ccc2Cl)cc1. The van der Waals surface area contributed by atoms with Gasteiger partial charge in [0.2, 0.25) is 0 Å². The molecule has 0 aliphatic carbocycles. The minimum Gasteiger partial charge on any atom is -0.508 e. The predicted octanol–water partition coefficient (Wildman–Crippen LogP) is 3.18. The van der Waals surface area contributed by atoms with E-state index in [2.05, 4.69) is 5.32 Å². The molecule has 0 aromatic heterocycles. The zero-order valence-electron chi connectivity index (χ0n) is 11.3. The van der Waals surface area contributed by atoms with Gasteiger partial charge in [0.05, 0.1) is 6.10 Å². The van der Waals surface area contributed by atoms with E-state index in [0.717, 1.165) is 11.1 Å². The molecule has 3 N–H and O–H groups in total. The second-order valence-electron chi connectivity index (χ2n) is 4.83. The fourth-order valence-corrected chi connectivity index (χ4v) is 2.13. The number of benzene rings is 2. The molecule has 0 fully saturated rings. The van der Waals surface area contributed by atoms with Crippen molar-refractivity contribution in [3.05, 3.63) is 64.2 Å². The molecule has 0 bridgehead atoms. The van der Waals surface area contributed by atoms with E-state index in [1.54, 1.807) is 18.2 Å². The fourth-order valence-electron chi connectivity index (χ4n) is 1.95. The number of phenols is 1. The Kier molecular flexibility index (Phi) is 5.01. The van der Waals surface area contributed by atoms with Crippen LogP contribution in [0.3, 0.4) is 0 Å². The summed E-state index contributed by atoms with van der Waals surface area (Å²) in [7, 11) is 0. The van der Waals surface area contributed by atoms with Crippen molar-refractivity contribution in [1.82, 2.24) is 5.32 Å². The molecule has 0 saturated carbocycles. The first kappa shape index (κ1) is 14.9. The summed E-state index contributed by atoms with van der Waals surface area (Å²) in [6.45, 7) is 2.93. The highest BCUT2D eigenvalue weighted by molar-refractivity contribution is 6.31. The van der Waals surface area contributed by atoms with E-state index in [1.807, 2.05) is 31.2 Å². The summed E-state index contributed by atoms with van der Waals surface area (Å²) >= 11 is 6.03. The Hall–Kier alpha value is -1.55. The maximum atomic E-state index is 10.1. The molecule has 0 spiro atoms. The number of aryl methyl sites for hydroxylation is 1. The molecular formula is C16H18ClNO2. The van der Waals surface area contributed by atoms with Crippen molar-refractivity contribution in [1.29, 1.82) is 0 Å². The van der Waals surface area contributed by atoms with Crippen molar-refractivity contribution < 1.29 is 10.2 Å². The normalized spacial score (nSPS) is 12.3. The van der Waals surface area contributed by atoms with Gasteiger partial charge in [-0.2, -0.15) is 0 Å². The van der Waals surface area contributed by atoms with Crippen molar-refractivity contribution in [2.45, 2.75) is 19.6 Å². The van der Waals surface area contributed by atoms with Crippen LogP contribution < -0.4 is 5.32 Å². The van der Waals surface area contributed by atoms with Crippen molar-refractivity contribution in [3.63, 3.8) is 0 Å². The third-order valence-corrected chi connectivity index (χ3v) is 3.51. The molecule has 106 valence electrons. The van der Waals surface area contributed by atoms with E-state index in [1.165, 1.54) is 5.56 Å². The van der Waals surface area contributed by atoms with Gasteiger partial charge < -0.3 is 15.5 Å². The molecule has 2 aromatic carbocycles. The van der Waals surface area contributed by atoms with Crippen molar-refractivity contribution in [2.75, 3.05) is 6.54 Å². The first-order valence-corrected chi connectivity index (χ1v) is 6.87. The molecule has 2 rings (SSSR count). The van der Waals surface area contributed by atoms with Crippen LogP contribution in [0.4, 0.5) is 0 Å². The lowest BCUT2D eigenvalue weighted by atomic mass is 10.1. The van der Waals surface area contributed by atoms with Gasteiger partial charge in [-0.3, -0.25) is 0 Å². The molecule has 2 aromatic rings. The zero-order valence-corrected chi connectivity index (χ0v) is 12.1. The van der Waals surface area contributed by atoms with E-state index >= 15 is 0 Å². The van der Waals surface area contributed by atoms with Crippen LogP contribution in [-0.4, -0.2) is 16.8 Å². The molecule has 0 aliphatic rings. The number of aliphatic hydroxyl groups excluding tert-OH is 1. The minimum absolute atomic E-state index is 0.185. The number of aromatic hydroxyl groups is 1. The highest BCUT2D eigenvalue weighted by atomic mass is 35.5. The Balaban J connectivity index is 1.89. The number of hydrogen-bond donors (Lipinski definition) is 3. The van der Waals surface area contributed by atoms with Gasteiger partial charge in [-0.25, -0.2) is 0 Å². The van der Waals surface area contributed by atoms with Gasteiger partial charge in [0.15, 0.2) is 0 Å². The third-order valence-electron chi connectivity index (χ3n) is 3.14. The average molecular weight is 292 g/mol. The topological polar surface area (TPSA) is 52.5 Å². The van der Waals surface area contributed by atoms with Crippen molar-refractivity contribution >= 4 is 11.6 Å². The Bertz CT molecular complexity index is 569. The van der Waals surface area contributed by atoms with E-state index in [0.29, 0.717) is 18.1 Å². The zero-order chi connectivity index (χ0) is 14.5. The number of rotatable bonds is 5. The Morgan fingerprint density at radius 1 is 1.15 bits per heavy atom.